The second kappa shape index (κ2) is 5.92. The van der Waals surface area contributed by atoms with Gasteiger partial charge in [0.15, 0.2) is 0 Å². The summed E-state index contributed by atoms with van der Waals surface area (Å²) in [5.41, 5.74) is 0.738. The number of hydrogen-bond acceptors (Lipinski definition) is 4. The van der Waals surface area contributed by atoms with E-state index in [1.165, 1.54) is 37.3 Å². The Bertz CT molecular complexity index is 629. The van der Waals surface area contributed by atoms with E-state index < -0.39 is 11.8 Å². The fourth-order valence-electron chi connectivity index (χ4n) is 1.67. The fraction of sp³-hybridized carbons (Fsp3) is 0.0714. The Balaban J connectivity index is 2.28. The van der Waals surface area contributed by atoms with Crippen molar-refractivity contribution >= 4 is 17.3 Å². The van der Waals surface area contributed by atoms with Gasteiger partial charge in [-0.15, -0.1) is 4.91 Å². The number of carbonyl (C=O) groups is 1. The molecule has 2 rings (SSSR count). The van der Waals surface area contributed by atoms with Crippen LogP contribution in [-0.2, 0) is 4.79 Å². The predicted molar refractivity (Wildman–Crippen MR) is 72.1 cm³/mol. The Morgan fingerprint density at radius 3 is 2.40 bits per heavy atom. The Labute approximate surface area is 114 Å². The minimum Gasteiger partial charge on any atom is -0.427 e. The van der Waals surface area contributed by atoms with Crippen molar-refractivity contribution in [2.75, 3.05) is 5.01 Å². The van der Waals surface area contributed by atoms with Gasteiger partial charge in [-0.05, 0) is 42.5 Å². The smallest absolute Gasteiger partial charge is 0.308 e. The van der Waals surface area contributed by atoms with Crippen molar-refractivity contribution in [1.82, 2.24) is 0 Å². The Morgan fingerprint density at radius 2 is 1.85 bits per heavy atom. The van der Waals surface area contributed by atoms with Crippen molar-refractivity contribution in [2.45, 2.75) is 6.92 Å². The molecule has 0 heterocycles. The number of hydrogen-bond donors (Lipinski definition) is 0. The van der Waals surface area contributed by atoms with E-state index in [-0.39, 0.29) is 0 Å². The van der Waals surface area contributed by atoms with Crippen LogP contribution in [0.15, 0.2) is 53.8 Å². The van der Waals surface area contributed by atoms with Crippen LogP contribution in [0.3, 0.4) is 0 Å². The largest absolute Gasteiger partial charge is 0.427 e. The number of anilines is 2. The summed E-state index contributed by atoms with van der Waals surface area (Å²) in [6.07, 6.45) is 0. The van der Waals surface area contributed by atoms with Gasteiger partial charge in [-0.2, -0.15) is 5.01 Å². The monoisotopic (exact) mass is 274 g/mol. The number of carbonyl (C=O) groups excluding carboxylic acids is 1. The summed E-state index contributed by atoms with van der Waals surface area (Å²) >= 11 is 0. The second-order valence-electron chi connectivity index (χ2n) is 3.96. The number of ether oxygens (including phenoxy) is 1. The first kappa shape index (κ1) is 13.7. The third-order valence-electron chi connectivity index (χ3n) is 2.48. The first-order valence-corrected chi connectivity index (χ1v) is 5.77. The molecule has 0 N–H and O–H groups in total. The van der Waals surface area contributed by atoms with Gasteiger partial charge in [0.2, 0.25) is 0 Å². The van der Waals surface area contributed by atoms with E-state index >= 15 is 0 Å². The minimum absolute atomic E-state index is 0.306. The summed E-state index contributed by atoms with van der Waals surface area (Å²) < 4.78 is 18.0. The summed E-state index contributed by atoms with van der Waals surface area (Å²) in [6.45, 7) is 1.29. The second-order valence-corrected chi connectivity index (χ2v) is 3.96. The standard InChI is InChI=1S/C14H11FN2O3/c1-10(18)20-14-7-5-12(6-8-14)17(16-19)13-4-2-3-11(15)9-13/h2-9H,1H3. The molecule has 0 saturated heterocycles. The molecule has 0 aliphatic rings. The average Bonchev–Trinajstić information content (AvgIpc) is 2.41. The van der Waals surface area contributed by atoms with Crippen molar-refractivity contribution < 1.29 is 13.9 Å². The Hall–Kier alpha value is -2.76. The van der Waals surface area contributed by atoms with Crippen LogP contribution in [0.1, 0.15) is 6.92 Å². The molecular formula is C14H11FN2O3. The van der Waals surface area contributed by atoms with Crippen molar-refractivity contribution in [2.24, 2.45) is 5.29 Å². The third-order valence-corrected chi connectivity index (χ3v) is 2.48. The zero-order valence-electron chi connectivity index (χ0n) is 10.6. The van der Waals surface area contributed by atoms with Crippen molar-refractivity contribution in [3.8, 4) is 5.75 Å². The molecule has 2 aromatic carbocycles. The van der Waals surface area contributed by atoms with Gasteiger partial charge in [0.05, 0.1) is 16.7 Å². The van der Waals surface area contributed by atoms with Crippen LogP contribution >= 0.6 is 0 Å². The van der Waals surface area contributed by atoms with Gasteiger partial charge in [0, 0.05) is 6.92 Å². The lowest BCUT2D eigenvalue weighted by molar-refractivity contribution is -0.131. The van der Waals surface area contributed by atoms with Gasteiger partial charge in [-0.1, -0.05) is 6.07 Å². The fourth-order valence-corrected chi connectivity index (χ4v) is 1.67. The highest BCUT2D eigenvalue weighted by molar-refractivity contribution is 5.70. The molecule has 0 aliphatic carbocycles. The molecule has 0 bridgehead atoms. The van der Waals surface area contributed by atoms with Gasteiger partial charge in [-0.3, -0.25) is 4.79 Å². The number of benzene rings is 2. The molecule has 0 aromatic heterocycles. The van der Waals surface area contributed by atoms with Crippen molar-refractivity contribution in [1.29, 1.82) is 0 Å². The van der Waals surface area contributed by atoms with Crippen LogP contribution in [0.4, 0.5) is 15.8 Å². The number of nitrogens with zero attached hydrogens (tertiary/aromatic N) is 2. The van der Waals surface area contributed by atoms with Crippen LogP contribution in [0.2, 0.25) is 0 Å². The molecule has 20 heavy (non-hydrogen) atoms. The molecule has 0 radical (unpaired) electrons. The third kappa shape index (κ3) is 3.17. The lowest BCUT2D eigenvalue weighted by Gasteiger charge is -2.15. The van der Waals surface area contributed by atoms with Gasteiger partial charge in [0.1, 0.15) is 11.6 Å². The Kier molecular flexibility index (Phi) is 4.05. The maximum atomic E-state index is 13.2. The first-order chi connectivity index (χ1) is 9.60. The summed E-state index contributed by atoms with van der Waals surface area (Å²) in [7, 11) is 0. The number of halogens is 1. The molecule has 0 atom stereocenters. The van der Waals surface area contributed by atoms with Gasteiger partial charge < -0.3 is 4.74 Å². The maximum absolute atomic E-state index is 13.2. The highest BCUT2D eigenvalue weighted by atomic mass is 19.1. The quantitative estimate of drug-likeness (QED) is 0.370. The van der Waals surface area contributed by atoms with E-state index in [0.29, 0.717) is 17.1 Å². The molecule has 102 valence electrons. The zero-order chi connectivity index (χ0) is 14.5. The van der Waals surface area contributed by atoms with Crippen molar-refractivity contribution in [3.05, 3.63) is 59.3 Å². The van der Waals surface area contributed by atoms with Crippen LogP contribution in [0.5, 0.6) is 5.75 Å². The van der Waals surface area contributed by atoms with E-state index in [1.54, 1.807) is 18.2 Å². The van der Waals surface area contributed by atoms with Crippen LogP contribution < -0.4 is 9.75 Å². The van der Waals surface area contributed by atoms with E-state index in [1.807, 2.05) is 0 Å². The Morgan fingerprint density at radius 1 is 1.15 bits per heavy atom. The topological polar surface area (TPSA) is 59.0 Å². The van der Waals surface area contributed by atoms with Crippen LogP contribution in [0.25, 0.3) is 0 Å². The van der Waals surface area contributed by atoms with Gasteiger partial charge >= 0.3 is 5.97 Å². The highest BCUT2D eigenvalue weighted by Gasteiger charge is 2.10. The molecule has 2 aromatic rings. The van der Waals surface area contributed by atoms with Gasteiger partial charge in [-0.25, -0.2) is 4.39 Å². The van der Waals surface area contributed by atoms with E-state index in [4.69, 9.17) is 4.74 Å². The highest BCUT2D eigenvalue weighted by Crippen LogP contribution is 2.27. The molecular weight excluding hydrogens is 263 g/mol. The van der Waals surface area contributed by atoms with Crippen LogP contribution in [-0.4, -0.2) is 5.97 Å². The molecule has 0 fully saturated rings. The number of rotatable bonds is 4. The summed E-state index contributed by atoms with van der Waals surface area (Å²) in [6, 6.07) is 11.6. The van der Waals surface area contributed by atoms with Gasteiger partial charge in [0.25, 0.3) is 0 Å². The molecule has 0 amide bonds. The normalized spacial score (nSPS) is 9.90. The SMILES string of the molecule is CC(=O)Oc1ccc(N(N=O)c2cccc(F)c2)cc1. The predicted octanol–water partition coefficient (Wildman–Crippen LogP) is 3.57. The van der Waals surface area contributed by atoms with Crippen molar-refractivity contribution in [3.63, 3.8) is 0 Å². The minimum atomic E-state index is -0.465. The van der Waals surface area contributed by atoms with E-state index in [0.717, 1.165) is 5.01 Å². The molecule has 0 spiro atoms. The molecule has 5 nitrogen and oxygen atoms in total. The molecule has 0 saturated carbocycles. The summed E-state index contributed by atoms with van der Waals surface area (Å²) in [5.74, 6) is -0.549. The first-order valence-electron chi connectivity index (χ1n) is 5.77. The molecule has 6 heteroatoms. The number of esters is 1. The van der Waals surface area contributed by atoms with E-state index in [9.17, 15) is 14.1 Å². The summed E-state index contributed by atoms with van der Waals surface area (Å²) in [5, 5.41) is 3.91. The molecule has 0 aliphatic heterocycles. The zero-order valence-corrected chi connectivity index (χ0v) is 10.6. The summed E-state index contributed by atoms with van der Waals surface area (Å²) in [4.78, 5) is 21.8. The maximum Gasteiger partial charge on any atom is 0.308 e. The van der Waals surface area contributed by atoms with E-state index in [2.05, 4.69) is 5.29 Å². The average molecular weight is 274 g/mol. The van der Waals surface area contributed by atoms with Crippen LogP contribution in [0, 0.1) is 10.7 Å². The lowest BCUT2D eigenvalue weighted by Crippen LogP contribution is -2.08. The lowest BCUT2D eigenvalue weighted by atomic mass is 10.2. The molecule has 0 unspecified atom stereocenters. The number of nitroso groups, excluding NO2 is 1.